The predicted octanol–water partition coefficient (Wildman–Crippen LogP) is 8.59. The van der Waals surface area contributed by atoms with E-state index in [1.807, 2.05) is 78.9 Å². The molecule has 362 valence electrons. The number of fused-ring (bicyclic) bond motifs is 3. The molecule has 3 aromatic carbocycles. The number of aliphatic hydroxyl groups is 1. The summed E-state index contributed by atoms with van der Waals surface area (Å²) in [6.45, 7) is 12.3. The number of amides is 2. The number of allylic oxidation sites excluding steroid dienone is 1. The molecule has 3 heterocycles. The lowest BCUT2D eigenvalue weighted by atomic mass is 9.52. The van der Waals surface area contributed by atoms with Gasteiger partial charge in [0.15, 0.2) is 0 Å². The number of hydrogen-bond acceptors (Lipinski definition) is 10. The van der Waals surface area contributed by atoms with Crippen LogP contribution in [-0.2, 0) is 43.9 Å². The fourth-order valence-electron chi connectivity index (χ4n) is 11.6. The smallest absolute Gasteiger partial charge is 0.338 e. The molecule has 9 rings (SSSR count). The number of benzene rings is 3. The molecule has 68 heavy (non-hydrogen) atoms. The molecule has 12 heteroatoms. The molecule has 3 aliphatic heterocycles. The van der Waals surface area contributed by atoms with E-state index in [1.54, 1.807) is 37.8 Å². The summed E-state index contributed by atoms with van der Waals surface area (Å²) >= 11 is 0. The third-order valence-electron chi connectivity index (χ3n) is 15.3. The third-order valence-corrected chi connectivity index (χ3v) is 15.3. The van der Waals surface area contributed by atoms with E-state index in [1.165, 1.54) is 5.57 Å². The number of carbonyl (C=O) groups excluding carboxylic acids is 4. The molecule has 0 radical (unpaired) electrons. The topological polar surface area (TPSA) is 153 Å². The van der Waals surface area contributed by atoms with Crippen LogP contribution in [0, 0.1) is 17.3 Å². The van der Waals surface area contributed by atoms with Gasteiger partial charge < -0.3 is 39.0 Å². The van der Waals surface area contributed by atoms with Crippen molar-refractivity contribution in [3.8, 4) is 0 Å². The van der Waals surface area contributed by atoms with Gasteiger partial charge in [-0.2, -0.15) is 0 Å². The lowest BCUT2D eigenvalue weighted by Crippen LogP contribution is -2.51. The summed E-state index contributed by atoms with van der Waals surface area (Å²) in [5, 5.41) is 13.0. The number of rotatable bonds is 12. The number of likely N-dealkylation sites (tertiary alicyclic amines) is 1. The van der Waals surface area contributed by atoms with E-state index in [0.717, 1.165) is 48.8 Å². The molecule has 3 aliphatic carbocycles. The Kier molecular flexibility index (Phi) is 13.4. The van der Waals surface area contributed by atoms with Gasteiger partial charge in [0.2, 0.25) is 17.6 Å². The fraction of sp³-hybridized carbons (Fsp3) is 0.536. The van der Waals surface area contributed by atoms with Gasteiger partial charge in [-0.15, -0.1) is 0 Å². The molecule has 3 saturated heterocycles. The number of hydrogen-bond donors (Lipinski definition) is 2. The molecular weight excluding hydrogens is 861 g/mol. The Labute approximate surface area is 400 Å². The number of epoxide rings is 1. The molecule has 6 aliphatic rings. The number of ether oxygens (including phenoxy) is 5. The minimum atomic E-state index is -1.38. The lowest BCUT2D eigenvalue weighted by Gasteiger charge is -2.53. The highest BCUT2D eigenvalue weighted by Gasteiger charge is 2.57. The van der Waals surface area contributed by atoms with E-state index in [-0.39, 0.29) is 48.9 Å². The number of nitrogens with zero attached hydrogens (tertiary/aromatic N) is 1. The zero-order valence-corrected chi connectivity index (χ0v) is 40.4. The van der Waals surface area contributed by atoms with Gasteiger partial charge in [-0.1, -0.05) is 98.3 Å². The van der Waals surface area contributed by atoms with Crippen LogP contribution in [0.3, 0.4) is 0 Å². The van der Waals surface area contributed by atoms with Crippen molar-refractivity contribution in [3.63, 3.8) is 0 Å². The van der Waals surface area contributed by atoms with Gasteiger partial charge in [0.1, 0.15) is 30.0 Å². The quantitative estimate of drug-likeness (QED) is 0.133. The highest BCUT2D eigenvalue weighted by atomic mass is 16.8. The summed E-state index contributed by atoms with van der Waals surface area (Å²) in [6.07, 6.45) is 8.35. The maximum Gasteiger partial charge on any atom is 0.338 e. The summed E-state index contributed by atoms with van der Waals surface area (Å²) in [5.41, 5.74) is 4.18. The van der Waals surface area contributed by atoms with Gasteiger partial charge in [-0.3, -0.25) is 14.4 Å². The highest BCUT2D eigenvalue weighted by Crippen LogP contribution is 2.60. The van der Waals surface area contributed by atoms with E-state index in [4.69, 9.17) is 23.7 Å². The monoisotopic (exact) mass is 928 g/mol. The Morgan fingerprint density at radius 3 is 2.31 bits per heavy atom. The van der Waals surface area contributed by atoms with Crippen molar-refractivity contribution in [1.82, 2.24) is 10.2 Å². The van der Waals surface area contributed by atoms with E-state index in [9.17, 15) is 24.3 Å². The van der Waals surface area contributed by atoms with E-state index >= 15 is 0 Å². The molecule has 0 bridgehead atoms. The van der Waals surface area contributed by atoms with E-state index in [0.29, 0.717) is 42.4 Å². The zero-order valence-electron chi connectivity index (χ0n) is 40.4. The second-order valence-corrected chi connectivity index (χ2v) is 21.8. The van der Waals surface area contributed by atoms with Crippen LogP contribution in [0.2, 0.25) is 0 Å². The first-order valence-corrected chi connectivity index (χ1v) is 24.8. The first-order chi connectivity index (χ1) is 32.4. The maximum absolute atomic E-state index is 14.8. The summed E-state index contributed by atoms with van der Waals surface area (Å²) in [4.78, 5) is 57.1. The standard InChI is InChI=1S/C56H68N2O10/c1-53(2,3)67-48(60)25-23-41(34-59)57-50(61)44-21-14-28-58(44)51(62)38-31-45(49-46(32-38)65-56(68-49,39-17-9-7-10-18-39)40-19-11-8-12-20-40)64-52(63)37-16-13-15-35(30-37)29-36-22-24-47-55(6,66-47)27-26-43-42(36)33-54(43,4)5/h7-13,15-20,29-30,32,41-47,49,59H,14,21-28,31,33-34H2,1-6H3,(H,57,61)/t41-,42+,43+,44+,45+,46+,47?,49-,55+/m0/s1. The van der Waals surface area contributed by atoms with Crippen LogP contribution in [0.4, 0.5) is 0 Å². The predicted molar refractivity (Wildman–Crippen MR) is 256 cm³/mol. The molecule has 2 saturated carbocycles. The van der Waals surface area contributed by atoms with Gasteiger partial charge in [-0.05, 0) is 120 Å². The molecule has 12 nitrogen and oxygen atoms in total. The summed E-state index contributed by atoms with van der Waals surface area (Å²) in [7, 11) is 0. The largest absolute Gasteiger partial charge is 0.460 e. The molecule has 0 spiro atoms. The molecule has 0 aromatic heterocycles. The molecular formula is C56H68N2O10. The number of nitrogens with one attached hydrogen (secondary N) is 1. The van der Waals surface area contributed by atoms with Crippen molar-refractivity contribution in [2.45, 2.75) is 159 Å². The van der Waals surface area contributed by atoms with Gasteiger partial charge in [0.05, 0.1) is 29.9 Å². The van der Waals surface area contributed by atoms with Crippen molar-refractivity contribution in [3.05, 3.63) is 124 Å². The van der Waals surface area contributed by atoms with Crippen LogP contribution in [0.5, 0.6) is 0 Å². The van der Waals surface area contributed by atoms with E-state index in [2.05, 4.69) is 32.2 Å². The SMILES string of the molecule is CC(C)(C)OC(=O)CC[C@@H](CO)NC(=O)[C@H]1CCCN1C(=O)C1=C[C@H]2OC(c3ccccc3)(c3ccccc3)O[C@H]2[C@H](OC(=O)c2cccc(C=C3CCC4O[C@]4(C)CC[C@@H]4[C@@H]3CC4(C)C)c2)C1. The van der Waals surface area contributed by atoms with Gasteiger partial charge in [0, 0.05) is 36.1 Å². The molecule has 2 amide bonds. The minimum absolute atomic E-state index is 0.0106. The Morgan fingerprint density at radius 1 is 0.912 bits per heavy atom. The normalized spacial score (nSPS) is 30.2. The minimum Gasteiger partial charge on any atom is -0.460 e. The second kappa shape index (κ2) is 19.0. The van der Waals surface area contributed by atoms with Crippen molar-refractivity contribution < 1.29 is 48.0 Å². The molecule has 3 aromatic rings. The van der Waals surface area contributed by atoms with Crippen molar-refractivity contribution >= 4 is 29.8 Å². The molecule has 5 fully saturated rings. The maximum atomic E-state index is 14.8. The van der Waals surface area contributed by atoms with Gasteiger partial charge >= 0.3 is 11.9 Å². The molecule has 2 N–H and O–H groups in total. The van der Waals surface area contributed by atoms with Crippen LogP contribution in [-0.4, -0.2) is 94.6 Å². The molecule has 1 unspecified atom stereocenters. The van der Waals surface area contributed by atoms with Crippen molar-refractivity contribution in [2.75, 3.05) is 13.2 Å². The Bertz CT molecular complexity index is 2390. The van der Waals surface area contributed by atoms with Crippen LogP contribution in [0.25, 0.3) is 6.08 Å². The van der Waals surface area contributed by atoms with Crippen molar-refractivity contribution in [2.24, 2.45) is 17.3 Å². The van der Waals surface area contributed by atoms with Crippen LogP contribution in [0.15, 0.2) is 102 Å². The fourth-order valence-corrected chi connectivity index (χ4v) is 11.6. The first-order valence-electron chi connectivity index (χ1n) is 24.8. The van der Waals surface area contributed by atoms with Crippen LogP contribution >= 0.6 is 0 Å². The van der Waals surface area contributed by atoms with E-state index < -0.39 is 59.6 Å². The average Bonchev–Trinajstić information content (AvgIpc) is 3.60. The lowest BCUT2D eigenvalue weighted by molar-refractivity contribution is -0.157. The van der Waals surface area contributed by atoms with Crippen LogP contribution in [0.1, 0.15) is 133 Å². The second-order valence-electron chi connectivity index (χ2n) is 21.8. The Hall–Kier alpha value is -5.14. The Morgan fingerprint density at radius 2 is 1.63 bits per heavy atom. The van der Waals surface area contributed by atoms with Gasteiger partial charge in [0.25, 0.3) is 0 Å². The average molecular weight is 929 g/mol. The summed E-state index contributed by atoms with van der Waals surface area (Å²) < 4.78 is 32.1. The Balaban J connectivity index is 0.972. The first kappa shape index (κ1) is 47.9. The number of aliphatic hydroxyl groups excluding tert-OH is 1. The summed E-state index contributed by atoms with van der Waals surface area (Å²) in [6, 6.07) is 25.3. The zero-order chi connectivity index (χ0) is 48.0. The number of esters is 2. The van der Waals surface area contributed by atoms with Gasteiger partial charge in [-0.25, -0.2) is 4.79 Å². The van der Waals surface area contributed by atoms with Crippen molar-refractivity contribution in [1.29, 1.82) is 0 Å². The third kappa shape index (κ3) is 9.97. The molecule has 9 atom stereocenters. The highest BCUT2D eigenvalue weighted by molar-refractivity contribution is 5.98. The van der Waals surface area contributed by atoms with Crippen LogP contribution < -0.4 is 5.32 Å². The number of carbonyl (C=O) groups is 4. The summed E-state index contributed by atoms with van der Waals surface area (Å²) in [5.74, 6) is -2.05.